The lowest BCUT2D eigenvalue weighted by Gasteiger charge is -2.24. The minimum Gasteiger partial charge on any atom is -0.351 e. The molecule has 3 aromatic rings. The number of benzene rings is 1. The van der Waals surface area contributed by atoms with E-state index in [1.165, 1.54) is 19.3 Å². The number of nitrogens with zero attached hydrogens (tertiary/aromatic N) is 5. The van der Waals surface area contributed by atoms with Crippen LogP contribution < -0.4 is 5.32 Å². The third-order valence-corrected chi connectivity index (χ3v) is 5.90. The van der Waals surface area contributed by atoms with Gasteiger partial charge in [-0.1, -0.05) is 48.2 Å². The third-order valence-electron chi connectivity index (χ3n) is 5.65. The van der Waals surface area contributed by atoms with Crippen LogP contribution in [0.4, 0.5) is 0 Å². The summed E-state index contributed by atoms with van der Waals surface area (Å²) in [5, 5.41) is 22.3. The number of aryl methyl sites for hydroxylation is 1. The van der Waals surface area contributed by atoms with Crippen molar-refractivity contribution in [1.29, 1.82) is 0 Å². The molecule has 9 heteroatoms. The van der Waals surface area contributed by atoms with Crippen molar-refractivity contribution in [1.82, 2.24) is 35.7 Å². The van der Waals surface area contributed by atoms with Gasteiger partial charge in [0.25, 0.3) is 5.91 Å². The third kappa shape index (κ3) is 4.53. The molecule has 1 aliphatic rings. The molecule has 1 aromatic carbocycles. The fourth-order valence-corrected chi connectivity index (χ4v) is 4.23. The topological polar surface area (TPSA) is 101 Å². The molecule has 1 aliphatic carbocycles. The molecule has 0 aliphatic heterocycles. The number of carbonyl (C=O) groups excluding carboxylic acids is 1. The molecule has 1 saturated carbocycles. The summed E-state index contributed by atoms with van der Waals surface area (Å²) in [5.41, 5.74) is 3.44. The maximum absolute atomic E-state index is 12.9. The van der Waals surface area contributed by atoms with Crippen LogP contribution in [0.1, 0.15) is 66.4 Å². The average molecular weight is 428 g/mol. The molecular formula is C21H26ClN7O. The molecule has 0 atom stereocenters. The van der Waals surface area contributed by atoms with Crippen LogP contribution in [-0.2, 0) is 6.42 Å². The summed E-state index contributed by atoms with van der Waals surface area (Å²) in [5.74, 6) is 0.498. The Labute approximate surface area is 180 Å². The van der Waals surface area contributed by atoms with Gasteiger partial charge in [-0.15, -0.1) is 10.2 Å². The van der Waals surface area contributed by atoms with Crippen molar-refractivity contribution in [2.45, 2.75) is 57.9 Å². The minimum absolute atomic E-state index is 0.148. The van der Waals surface area contributed by atoms with Gasteiger partial charge < -0.3 is 5.32 Å². The number of hydrogen-bond donors (Lipinski definition) is 2. The van der Waals surface area contributed by atoms with Gasteiger partial charge in [-0.05, 0) is 38.3 Å². The molecule has 2 heterocycles. The molecule has 2 N–H and O–H groups in total. The number of H-pyrrole nitrogens is 1. The van der Waals surface area contributed by atoms with E-state index < -0.39 is 0 Å². The molecule has 158 valence electrons. The molecule has 0 radical (unpaired) electrons. The molecule has 0 bridgehead atoms. The van der Waals surface area contributed by atoms with Crippen molar-refractivity contribution in [3.63, 3.8) is 0 Å². The molecule has 0 saturated heterocycles. The standard InChI is InChI=1S/C21H26ClN7O/c1-14-19(21(30)23-13-5-8-18-24-27-28-25-18)26-29(17-6-3-2-4-7-17)20(14)15-9-11-16(22)12-10-15/h9-12,17H,2-8,13H2,1H3,(H,23,30)(H,24,25,27,28). The summed E-state index contributed by atoms with van der Waals surface area (Å²) in [6.45, 7) is 2.50. The largest absolute Gasteiger partial charge is 0.351 e. The van der Waals surface area contributed by atoms with Crippen LogP contribution in [0, 0.1) is 6.92 Å². The summed E-state index contributed by atoms with van der Waals surface area (Å²) in [7, 11) is 0. The van der Waals surface area contributed by atoms with Crippen molar-refractivity contribution in [3.05, 3.63) is 46.4 Å². The predicted molar refractivity (Wildman–Crippen MR) is 114 cm³/mol. The zero-order valence-electron chi connectivity index (χ0n) is 17.1. The molecule has 0 spiro atoms. The number of aromatic nitrogens is 6. The van der Waals surface area contributed by atoms with Crippen LogP contribution in [0.3, 0.4) is 0 Å². The van der Waals surface area contributed by atoms with E-state index >= 15 is 0 Å². The number of tetrazole rings is 1. The summed E-state index contributed by atoms with van der Waals surface area (Å²) in [6, 6.07) is 8.08. The molecule has 4 rings (SSSR count). The van der Waals surface area contributed by atoms with Crippen molar-refractivity contribution >= 4 is 17.5 Å². The fraction of sp³-hybridized carbons (Fsp3) is 0.476. The Morgan fingerprint density at radius 2 is 2.00 bits per heavy atom. The SMILES string of the molecule is Cc1c(C(=O)NCCCc2nn[nH]n2)nn(C2CCCCC2)c1-c1ccc(Cl)cc1. The number of amides is 1. The monoisotopic (exact) mass is 427 g/mol. The lowest BCUT2D eigenvalue weighted by Crippen LogP contribution is -2.26. The van der Waals surface area contributed by atoms with E-state index in [9.17, 15) is 4.79 Å². The second-order valence-corrected chi connectivity index (χ2v) is 8.19. The van der Waals surface area contributed by atoms with E-state index in [1.807, 2.05) is 31.2 Å². The first kappa shape index (κ1) is 20.5. The number of aromatic amines is 1. The van der Waals surface area contributed by atoms with Crippen LogP contribution in [-0.4, -0.2) is 42.9 Å². The van der Waals surface area contributed by atoms with Gasteiger partial charge >= 0.3 is 0 Å². The van der Waals surface area contributed by atoms with Crippen LogP contribution >= 0.6 is 11.6 Å². The smallest absolute Gasteiger partial charge is 0.272 e. The van der Waals surface area contributed by atoms with Crippen molar-refractivity contribution in [2.75, 3.05) is 6.54 Å². The molecule has 30 heavy (non-hydrogen) atoms. The van der Waals surface area contributed by atoms with E-state index in [2.05, 4.69) is 30.6 Å². The van der Waals surface area contributed by atoms with Crippen LogP contribution in [0.5, 0.6) is 0 Å². The first-order valence-electron chi connectivity index (χ1n) is 10.5. The molecule has 1 amide bonds. The Kier molecular flexibility index (Phi) is 6.42. The van der Waals surface area contributed by atoms with Gasteiger partial charge in [0.05, 0.1) is 11.7 Å². The Balaban J connectivity index is 1.54. The Bertz CT molecular complexity index is 976. The maximum atomic E-state index is 12.9. The van der Waals surface area contributed by atoms with E-state index in [0.717, 1.165) is 36.1 Å². The van der Waals surface area contributed by atoms with Gasteiger partial charge in [-0.2, -0.15) is 10.3 Å². The van der Waals surface area contributed by atoms with Gasteiger partial charge in [-0.3, -0.25) is 9.48 Å². The highest BCUT2D eigenvalue weighted by Crippen LogP contribution is 2.35. The number of rotatable bonds is 7. The van der Waals surface area contributed by atoms with E-state index in [1.54, 1.807) is 0 Å². The maximum Gasteiger partial charge on any atom is 0.272 e. The Morgan fingerprint density at radius 1 is 1.23 bits per heavy atom. The lowest BCUT2D eigenvalue weighted by molar-refractivity contribution is 0.0946. The minimum atomic E-state index is -0.148. The Morgan fingerprint density at radius 3 is 2.70 bits per heavy atom. The first-order chi connectivity index (χ1) is 14.6. The van der Waals surface area contributed by atoms with Gasteiger partial charge in [-0.25, -0.2) is 0 Å². The van der Waals surface area contributed by atoms with Crippen molar-refractivity contribution < 1.29 is 4.79 Å². The molecule has 8 nitrogen and oxygen atoms in total. The van der Waals surface area contributed by atoms with Crippen molar-refractivity contribution in [3.8, 4) is 11.3 Å². The average Bonchev–Trinajstić information content (AvgIpc) is 3.40. The van der Waals surface area contributed by atoms with E-state index in [4.69, 9.17) is 16.7 Å². The molecule has 1 fully saturated rings. The normalized spacial score (nSPS) is 14.7. The summed E-state index contributed by atoms with van der Waals surface area (Å²) >= 11 is 6.09. The quantitative estimate of drug-likeness (QED) is 0.557. The highest BCUT2D eigenvalue weighted by Gasteiger charge is 2.26. The molecular weight excluding hydrogens is 402 g/mol. The van der Waals surface area contributed by atoms with Crippen LogP contribution in [0.25, 0.3) is 11.3 Å². The van der Waals surface area contributed by atoms with E-state index in [-0.39, 0.29) is 5.91 Å². The highest BCUT2D eigenvalue weighted by molar-refractivity contribution is 6.30. The van der Waals surface area contributed by atoms with Gasteiger partial charge in [0.1, 0.15) is 0 Å². The number of halogens is 1. The van der Waals surface area contributed by atoms with Crippen molar-refractivity contribution in [2.24, 2.45) is 0 Å². The number of nitrogens with one attached hydrogen (secondary N) is 2. The first-order valence-corrected chi connectivity index (χ1v) is 10.9. The Hall–Kier alpha value is -2.74. The number of carbonyl (C=O) groups is 1. The second kappa shape index (κ2) is 9.38. The summed E-state index contributed by atoms with van der Waals surface area (Å²) < 4.78 is 2.08. The zero-order valence-corrected chi connectivity index (χ0v) is 17.8. The van der Waals surface area contributed by atoms with E-state index in [0.29, 0.717) is 35.5 Å². The number of hydrogen-bond acceptors (Lipinski definition) is 5. The van der Waals surface area contributed by atoms with Gasteiger partial charge in [0.15, 0.2) is 11.5 Å². The fourth-order valence-electron chi connectivity index (χ4n) is 4.10. The summed E-state index contributed by atoms with van der Waals surface area (Å²) in [4.78, 5) is 12.9. The highest BCUT2D eigenvalue weighted by atomic mass is 35.5. The van der Waals surface area contributed by atoms with Crippen LogP contribution in [0.15, 0.2) is 24.3 Å². The molecule has 0 unspecified atom stereocenters. The van der Waals surface area contributed by atoms with Crippen LogP contribution in [0.2, 0.25) is 5.02 Å². The molecule has 2 aromatic heterocycles. The zero-order chi connectivity index (χ0) is 20.9. The second-order valence-electron chi connectivity index (χ2n) is 7.75. The van der Waals surface area contributed by atoms with Gasteiger partial charge in [0.2, 0.25) is 0 Å². The van der Waals surface area contributed by atoms with Gasteiger partial charge in [0, 0.05) is 29.1 Å². The summed E-state index contributed by atoms with van der Waals surface area (Å²) in [6.07, 6.45) is 7.23. The predicted octanol–water partition coefficient (Wildman–Crippen LogP) is 3.89. The lowest BCUT2D eigenvalue weighted by atomic mass is 9.95.